The lowest BCUT2D eigenvalue weighted by molar-refractivity contribution is -0.139. The van der Waals surface area contributed by atoms with Crippen molar-refractivity contribution in [3.8, 4) is 0 Å². The molecule has 0 radical (unpaired) electrons. The number of aryl methyl sites for hydroxylation is 1. The van der Waals surface area contributed by atoms with Crippen molar-refractivity contribution >= 4 is 27.6 Å². The molecule has 27 heavy (non-hydrogen) atoms. The van der Waals surface area contributed by atoms with E-state index in [0.29, 0.717) is 5.56 Å². The average molecular weight is 388 g/mol. The SMILES string of the molecule is Cc1ccc(NS(C)(=O)=O)c(C(=O)N2Cc3ccccc3C(C(=O)O)C2)c1. The van der Waals surface area contributed by atoms with Gasteiger partial charge in [0.1, 0.15) is 0 Å². The molecule has 1 amide bonds. The summed E-state index contributed by atoms with van der Waals surface area (Å²) in [7, 11) is -3.56. The molecular weight excluding hydrogens is 368 g/mol. The molecule has 1 aliphatic heterocycles. The van der Waals surface area contributed by atoms with Crippen LogP contribution in [-0.4, -0.2) is 43.1 Å². The number of rotatable bonds is 4. The van der Waals surface area contributed by atoms with Crippen molar-refractivity contribution in [1.82, 2.24) is 4.90 Å². The molecule has 2 aromatic carbocycles. The van der Waals surface area contributed by atoms with Gasteiger partial charge in [-0.3, -0.25) is 14.3 Å². The van der Waals surface area contributed by atoms with Crippen LogP contribution in [0.2, 0.25) is 0 Å². The maximum absolute atomic E-state index is 13.1. The van der Waals surface area contributed by atoms with Crippen molar-refractivity contribution < 1.29 is 23.1 Å². The first-order chi connectivity index (χ1) is 12.7. The Balaban J connectivity index is 2.00. The van der Waals surface area contributed by atoms with Gasteiger partial charge in [-0.15, -0.1) is 0 Å². The van der Waals surface area contributed by atoms with E-state index in [9.17, 15) is 23.1 Å². The molecule has 2 N–H and O–H groups in total. The van der Waals surface area contributed by atoms with E-state index in [2.05, 4.69) is 4.72 Å². The van der Waals surface area contributed by atoms with Crippen LogP contribution in [0, 0.1) is 6.92 Å². The number of hydrogen-bond donors (Lipinski definition) is 2. The molecule has 8 heteroatoms. The molecule has 1 atom stereocenters. The van der Waals surface area contributed by atoms with Gasteiger partial charge >= 0.3 is 5.97 Å². The second-order valence-corrected chi connectivity index (χ2v) is 8.45. The summed E-state index contributed by atoms with van der Waals surface area (Å²) in [6.45, 7) is 2.09. The van der Waals surface area contributed by atoms with Crippen LogP contribution in [0.5, 0.6) is 0 Å². The highest BCUT2D eigenvalue weighted by atomic mass is 32.2. The average Bonchev–Trinajstić information content (AvgIpc) is 2.60. The third kappa shape index (κ3) is 4.11. The highest BCUT2D eigenvalue weighted by Crippen LogP contribution is 2.30. The summed E-state index contributed by atoms with van der Waals surface area (Å²) in [5.74, 6) is -2.24. The fourth-order valence-electron chi connectivity index (χ4n) is 3.27. The Morgan fingerprint density at radius 2 is 1.89 bits per heavy atom. The maximum atomic E-state index is 13.1. The first-order valence-electron chi connectivity index (χ1n) is 8.34. The normalized spacial score (nSPS) is 16.5. The van der Waals surface area contributed by atoms with E-state index in [1.165, 1.54) is 11.0 Å². The van der Waals surface area contributed by atoms with Crippen LogP contribution in [0.1, 0.15) is 33.0 Å². The summed E-state index contributed by atoms with van der Waals surface area (Å²) >= 11 is 0. The molecular formula is C19H20N2O5S. The van der Waals surface area contributed by atoms with Crippen LogP contribution in [0.4, 0.5) is 5.69 Å². The van der Waals surface area contributed by atoms with Crippen molar-refractivity contribution in [3.63, 3.8) is 0 Å². The second kappa shape index (κ2) is 7.03. The number of anilines is 1. The van der Waals surface area contributed by atoms with E-state index in [1.807, 2.05) is 0 Å². The summed E-state index contributed by atoms with van der Waals surface area (Å²) in [5.41, 5.74) is 2.65. The van der Waals surface area contributed by atoms with Crippen LogP contribution in [0.15, 0.2) is 42.5 Å². The summed E-state index contributed by atoms with van der Waals surface area (Å²) < 4.78 is 25.6. The smallest absolute Gasteiger partial charge is 0.312 e. The first kappa shape index (κ1) is 18.9. The van der Waals surface area contributed by atoms with Crippen LogP contribution in [0.25, 0.3) is 0 Å². The molecule has 1 heterocycles. The van der Waals surface area contributed by atoms with Crippen molar-refractivity contribution in [2.45, 2.75) is 19.4 Å². The molecule has 0 aliphatic carbocycles. The minimum absolute atomic E-state index is 0.0252. The number of carbonyl (C=O) groups excluding carboxylic acids is 1. The molecule has 0 bridgehead atoms. The van der Waals surface area contributed by atoms with Crippen molar-refractivity contribution in [2.24, 2.45) is 0 Å². The predicted octanol–water partition coefficient (Wildman–Crippen LogP) is 2.19. The van der Waals surface area contributed by atoms with Gasteiger partial charge in [-0.25, -0.2) is 8.42 Å². The molecule has 0 fully saturated rings. The number of hydrogen-bond acceptors (Lipinski definition) is 4. The van der Waals surface area contributed by atoms with Crippen molar-refractivity contribution in [2.75, 3.05) is 17.5 Å². The van der Waals surface area contributed by atoms with Crippen LogP contribution < -0.4 is 4.72 Å². The number of carboxylic acids is 1. The predicted molar refractivity (Wildman–Crippen MR) is 101 cm³/mol. The fourth-order valence-corrected chi connectivity index (χ4v) is 3.84. The zero-order chi connectivity index (χ0) is 19.8. The Kier molecular flexibility index (Phi) is 4.93. The number of carboxylic acid groups (broad SMARTS) is 1. The number of nitrogens with one attached hydrogen (secondary N) is 1. The van der Waals surface area contributed by atoms with E-state index < -0.39 is 27.8 Å². The number of sulfonamides is 1. The lowest BCUT2D eigenvalue weighted by atomic mass is 9.89. The van der Waals surface area contributed by atoms with E-state index in [-0.39, 0.29) is 24.3 Å². The number of nitrogens with zero attached hydrogens (tertiary/aromatic N) is 1. The molecule has 7 nitrogen and oxygen atoms in total. The number of fused-ring (bicyclic) bond motifs is 1. The van der Waals surface area contributed by atoms with E-state index in [4.69, 9.17) is 0 Å². The summed E-state index contributed by atoms with van der Waals surface area (Å²) in [6.07, 6.45) is 1.01. The Morgan fingerprint density at radius 1 is 1.19 bits per heavy atom. The molecule has 0 spiro atoms. The van der Waals surface area contributed by atoms with Crippen molar-refractivity contribution in [1.29, 1.82) is 0 Å². The fraction of sp³-hybridized carbons (Fsp3) is 0.263. The third-order valence-electron chi connectivity index (χ3n) is 4.48. The highest BCUT2D eigenvalue weighted by molar-refractivity contribution is 7.92. The minimum Gasteiger partial charge on any atom is -0.481 e. The number of amides is 1. The van der Waals surface area contributed by atoms with Crippen molar-refractivity contribution in [3.05, 3.63) is 64.7 Å². The molecule has 1 aliphatic rings. The Hall–Kier alpha value is -2.87. The zero-order valence-corrected chi connectivity index (χ0v) is 15.8. The molecule has 0 saturated heterocycles. The molecule has 2 aromatic rings. The van der Waals surface area contributed by atoms with Crippen LogP contribution >= 0.6 is 0 Å². The lowest BCUT2D eigenvalue weighted by Crippen LogP contribution is -2.40. The van der Waals surface area contributed by atoms with Gasteiger partial charge in [-0.2, -0.15) is 0 Å². The quantitative estimate of drug-likeness (QED) is 0.836. The van der Waals surface area contributed by atoms with Gasteiger partial charge in [0.2, 0.25) is 10.0 Å². The monoisotopic (exact) mass is 388 g/mol. The van der Waals surface area contributed by atoms with Gasteiger partial charge in [0.25, 0.3) is 5.91 Å². The summed E-state index contributed by atoms with van der Waals surface area (Å²) in [4.78, 5) is 26.3. The lowest BCUT2D eigenvalue weighted by Gasteiger charge is -2.33. The van der Waals surface area contributed by atoms with Gasteiger partial charge in [0.15, 0.2) is 0 Å². The van der Waals surface area contributed by atoms with Gasteiger partial charge in [0, 0.05) is 13.1 Å². The standard InChI is InChI=1S/C19H20N2O5S/c1-12-7-8-17(20-27(2,25)26)15(9-12)18(22)21-10-13-5-3-4-6-14(13)16(11-21)19(23)24/h3-9,16,20H,10-11H2,1-2H3,(H,23,24). The summed E-state index contributed by atoms with van der Waals surface area (Å²) in [5, 5.41) is 9.58. The molecule has 1 unspecified atom stereocenters. The highest BCUT2D eigenvalue weighted by Gasteiger charge is 2.33. The Bertz CT molecular complexity index is 1020. The first-order valence-corrected chi connectivity index (χ1v) is 10.2. The third-order valence-corrected chi connectivity index (χ3v) is 5.07. The van der Waals surface area contributed by atoms with Gasteiger partial charge in [-0.1, -0.05) is 35.9 Å². The molecule has 3 rings (SSSR count). The minimum atomic E-state index is -3.56. The van der Waals surface area contributed by atoms with E-state index in [1.54, 1.807) is 43.3 Å². The number of benzene rings is 2. The van der Waals surface area contributed by atoms with Gasteiger partial charge in [-0.05, 0) is 30.2 Å². The van der Waals surface area contributed by atoms with Gasteiger partial charge in [0.05, 0.1) is 23.4 Å². The topological polar surface area (TPSA) is 104 Å². The van der Waals surface area contributed by atoms with E-state index in [0.717, 1.165) is 17.4 Å². The zero-order valence-electron chi connectivity index (χ0n) is 15.0. The second-order valence-electron chi connectivity index (χ2n) is 6.70. The van der Waals surface area contributed by atoms with Gasteiger partial charge < -0.3 is 10.0 Å². The van der Waals surface area contributed by atoms with Crippen LogP contribution in [0.3, 0.4) is 0 Å². The largest absolute Gasteiger partial charge is 0.481 e. The molecule has 0 aromatic heterocycles. The molecule has 142 valence electrons. The van der Waals surface area contributed by atoms with Crippen LogP contribution in [-0.2, 0) is 21.4 Å². The number of carbonyl (C=O) groups is 2. The van der Waals surface area contributed by atoms with E-state index >= 15 is 0 Å². The Labute approximate surface area is 157 Å². The number of aliphatic carboxylic acids is 1. The molecule has 0 saturated carbocycles. The summed E-state index contributed by atoms with van der Waals surface area (Å²) in [6, 6.07) is 12.0. The Morgan fingerprint density at radius 3 is 2.56 bits per heavy atom. The maximum Gasteiger partial charge on any atom is 0.312 e.